The van der Waals surface area contributed by atoms with E-state index in [1.165, 1.54) is 5.56 Å². The summed E-state index contributed by atoms with van der Waals surface area (Å²) in [5, 5.41) is 0.847. The highest BCUT2D eigenvalue weighted by Crippen LogP contribution is 2.21. The van der Waals surface area contributed by atoms with Gasteiger partial charge in [-0.25, -0.2) is 0 Å². The standard InChI is InChI=1S/C11H15BrO/c1-3-9(2)13-11-7-5-4-6-10(11)8-12/h4-7,9H,3,8H2,1-2H3/t9-/m0/s1. The van der Waals surface area contributed by atoms with Crippen molar-refractivity contribution in [3.63, 3.8) is 0 Å². The minimum Gasteiger partial charge on any atom is -0.490 e. The van der Waals surface area contributed by atoms with Crippen LogP contribution in [0.15, 0.2) is 24.3 Å². The summed E-state index contributed by atoms with van der Waals surface area (Å²) in [5.41, 5.74) is 1.21. The molecule has 0 saturated heterocycles. The van der Waals surface area contributed by atoms with Crippen LogP contribution in [0.4, 0.5) is 0 Å². The summed E-state index contributed by atoms with van der Waals surface area (Å²) in [7, 11) is 0. The lowest BCUT2D eigenvalue weighted by Crippen LogP contribution is -2.10. The molecular formula is C11H15BrO. The third-order valence-corrected chi connectivity index (χ3v) is 2.62. The molecule has 0 amide bonds. The van der Waals surface area contributed by atoms with E-state index in [1.807, 2.05) is 18.2 Å². The van der Waals surface area contributed by atoms with Crippen LogP contribution in [-0.4, -0.2) is 6.10 Å². The minimum absolute atomic E-state index is 0.292. The quantitative estimate of drug-likeness (QED) is 0.731. The third-order valence-electron chi connectivity index (χ3n) is 2.02. The van der Waals surface area contributed by atoms with Crippen LogP contribution in [0, 0.1) is 0 Å². The Labute approximate surface area is 88.2 Å². The van der Waals surface area contributed by atoms with E-state index in [0.717, 1.165) is 17.5 Å². The Kier molecular flexibility index (Phi) is 4.29. The summed E-state index contributed by atoms with van der Waals surface area (Å²) in [5.74, 6) is 0.994. The molecule has 0 aliphatic carbocycles. The molecule has 0 unspecified atom stereocenters. The van der Waals surface area contributed by atoms with E-state index in [4.69, 9.17) is 4.74 Å². The van der Waals surface area contributed by atoms with E-state index < -0.39 is 0 Å². The highest BCUT2D eigenvalue weighted by atomic mass is 79.9. The van der Waals surface area contributed by atoms with Gasteiger partial charge in [-0.15, -0.1) is 0 Å². The molecule has 1 nitrogen and oxygen atoms in total. The van der Waals surface area contributed by atoms with Crippen LogP contribution in [0.3, 0.4) is 0 Å². The molecule has 0 saturated carbocycles. The number of ether oxygens (including phenoxy) is 1. The summed E-state index contributed by atoms with van der Waals surface area (Å²) >= 11 is 3.44. The molecule has 0 aromatic heterocycles. The smallest absolute Gasteiger partial charge is 0.123 e. The van der Waals surface area contributed by atoms with E-state index in [1.54, 1.807) is 0 Å². The van der Waals surface area contributed by atoms with Crippen molar-refractivity contribution in [3.8, 4) is 5.75 Å². The second-order valence-corrected chi connectivity index (χ2v) is 3.64. The Morgan fingerprint density at radius 3 is 2.69 bits per heavy atom. The maximum absolute atomic E-state index is 5.76. The van der Waals surface area contributed by atoms with Gasteiger partial charge in [0.05, 0.1) is 6.10 Å². The molecule has 1 atom stereocenters. The predicted octanol–water partition coefficient (Wildman–Crippen LogP) is 3.76. The number of hydrogen-bond donors (Lipinski definition) is 0. The van der Waals surface area contributed by atoms with Crippen molar-refractivity contribution in [3.05, 3.63) is 29.8 Å². The van der Waals surface area contributed by atoms with E-state index >= 15 is 0 Å². The molecule has 0 fully saturated rings. The fourth-order valence-electron chi connectivity index (χ4n) is 1.03. The maximum atomic E-state index is 5.76. The first-order chi connectivity index (χ1) is 6.27. The predicted molar refractivity (Wildman–Crippen MR) is 59.5 cm³/mol. The number of benzene rings is 1. The van der Waals surface area contributed by atoms with Crippen molar-refractivity contribution in [1.82, 2.24) is 0 Å². The van der Waals surface area contributed by atoms with Gasteiger partial charge in [0.2, 0.25) is 0 Å². The zero-order valence-corrected chi connectivity index (χ0v) is 9.67. The van der Waals surface area contributed by atoms with E-state index in [-0.39, 0.29) is 0 Å². The number of para-hydroxylation sites is 1. The Morgan fingerprint density at radius 2 is 2.08 bits per heavy atom. The number of hydrogen-bond acceptors (Lipinski definition) is 1. The van der Waals surface area contributed by atoms with Crippen LogP contribution in [0.1, 0.15) is 25.8 Å². The lowest BCUT2D eigenvalue weighted by molar-refractivity contribution is 0.216. The minimum atomic E-state index is 0.292. The second kappa shape index (κ2) is 5.28. The molecular weight excluding hydrogens is 228 g/mol. The maximum Gasteiger partial charge on any atom is 0.123 e. The topological polar surface area (TPSA) is 9.23 Å². The molecule has 0 aliphatic heterocycles. The zero-order chi connectivity index (χ0) is 9.68. The Morgan fingerprint density at radius 1 is 1.38 bits per heavy atom. The van der Waals surface area contributed by atoms with Crippen molar-refractivity contribution in [2.24, 2.45) is 0 Å². The van der Waals surface area contributed by atoms with Crippen LogP contribution >= 0.6 is 15.9 Å². The van der Waals surface area contributed by atoms with Gasteiger partial charge in [-0.1, -0.05) is 41.1 Å². The van der Waals surface area contributed by atoms with Crippen LogP contribution in [0.5, 0.6) is 5.75 Å². The average molecular weight is 243 g/mol. The van der Waals surface area contributed by atoms with Gasteiger partial charge in [0, 0.05) is 10.9 Å². The molecule has 0 spiro atoms. The molecule has 0 bridgehead atoms. The highest BCUT2D eigenvalue weighted by molar-refractivity contribution is 9.08. The average Bonchev–Trinajstić information content (AvgIpc) is 2.18. The molecule has 13 heavy (non-hydrogen) atoms. The van der Waals surface area contributed by atoms with Crippen LogP contribution in [-0.2, 0) is 5.33 Å². The second-order valence-electron chi connectivity index (χ2n) is 3.08. The fourth-order valence-corrected chi connectivity index (χ4v) is 1.49. The largest absolute Gasteiger partial charge is 0.490 e. The van der Waals surface area contributed by atoms with Gasteiger partial charge in [-0.2, -0.15) is 0 Å². The van der Waals surface area contributed by atoms with Gasteiger partial charge >= 0.3 is 0 Å². The molecule has 0 heterocycles. The normalized spacial score (nSPS) is 12.5. The number of alkyl halides is 1. The summed E-state index contributed by atoms with van der Waals surface area (Å²) in [6, 6.07) is 8.12. The van der Waals surface area contributed by atoms with Crippen molar-refractivity contribution >= 4 is 15.9 Å². The molecule has 0 radical (unpaired) electrons. The summed E-state index contributed by atoms with van der Waals surface area (Å²) < 4.78 is 5.76. The van der Waals surface area contributed by atoms with Crippen LogP contribution in [0.2, 0.25) is 0 Å². The van der Waals surface area contributed by atoms with E-state index in [0.29, 0.717) is 6.10 Å². The van der Waals surface area contributed by atoms with Crippen LogP contribution in [0.25, 0.3) is 0 Å². The van der Waals surface area contributed by atoms with Crippen LogP contribution < -0.4 is 4.74 Å². The Bertz CT molecular complexity index is 260. The van der Waals surface area contributed by atoms with Gasteiger partial charge < -0.3 is 4.74 Å². The van der Waals surface area contributed by atoms with Crippen molar-refractivity contribution in [2.45, 2.75) is 31.7 Å². The summed E-state index contributed by atoms with van der Waals surface area (Å²) in [6.45, 7) is 4.21. The van der Waals surface area contributed by atoms with E-state index in [2.05, 4.69) is 35.8 Å². The molecule has 72 valence electrons. The zero-order valence-electron chi connectivity index (χ0n) is 8.09. The number of halogens is 1. The molecule has 1 aromatic rings. The third kappa shape index (κ3) is 3.03. The highest BCUT2D eigenvalue weighted by Gasteiger charge is 2.04. The Balaban J connectivity index is 2.74. The van der Waals surface area contributed by atoms with E-state index in [9.17, 15) is 0 Å². The summed E-state index contributed by atoms with van der Waals surface area (Å²) in [4.78, 5) is 0. The lowest BCUT2D eigenvalue weighted by Gasteiger charge is -2.14. The van der Waals surface area contributed by atoms with Gasteiger partial charge in [-0.05, 0) is 19.4 Å². The molecule has 0 N–H and O–H groups in total. The van der Waals surface area contributed by atoms with Crippen molar-refractivity contribution < 1.29 is 4.74 Å². The van der Waals surface area contributed by atoms with Crippen molar-refractivity contribution in [2.75, 3.05) is 0 Å². The first-order valence-corrected chi connectivity index (χ1v) is 5.70. The molecule has 1 rings (SSSR count). The van der Waals surface area contributed by atoms with Gasteiger partial charge in [-0.3, -0.25) is 0 Å². The Hall–Kier alpha value is -0.500. The number of rotatable bonds is 4. The molecule has 0 aliphatic rings. The van der Waals surface area contributed by atoms with Crippen molar-refractivity contribution in [1.29, 1.82) is 0 Å². The SMILES string of the molecule is CC[C@H](C)Oc1ccccc1CBr. The first-order valence-electron chi connectivity index (χ1n) is 4.58. The molecule has 2 heteroatoms. The molecule has 1 aromatic carbocycles. The summed E-state index contributed by atoms with van der Waals surface area (Å²) in [6.07, 6.45) is 1.33. The fraction of sp³-hybridized carbons (Fsp3) is 0.455. The van der Waals surface area contributed by atoms with Gasteiger partial charge in [0.25, 0.3) is 0 Å². The first kappa shape index (κ1) is 10.6. The monoisotopic (exact) mass is 242 g/mol. The lowest BCUT2D eigenvalue weighted by atomic mass is 10.2. The van der Waals surface area contributed by atoms with Gasteiger partial charge in [0.15, 0.2) is 0 Å². The van der Waals surface area contributed by atoms with Gasteiger partial charge in [0.1, 0.15) is 5.75 Å².